The number of aliphatic hydroxyl groups is 1. The maximum Gasteiger partial charge on any atom is 0.319 e. The van der Waals surface area contributed by atoms with E-state index in [1.54, 1.807) is 17.1 Å². The summed E-state index contributed by atoms with van der Waals surface area (Å²) in [5.41, 5.74) is 0.439. The van der Waals surface area contributed by atoms with Gasteiger partial charge in [0, 0.05) is 18.8 Å². The molecule has 0 spiro atoms. The van der Waals surface area contributed by atoms with Gasteiger partial charge in [0.1, 0.15) is 11.9 Å². The lowest BCUT2D eigenvalue weighted by atomic mass is 10.0. The first kappa shape index (κ1) is 20.2. The third kappa shape index (κ3) is 5.51. The lowest BCUT2D eigenvalue weighted by molar-refractivity contribution is -0.139. The number of amides is 3. The first-order chi connectivity index (χ1) is 13.5. The quantitative estimate of drug-likeness (QED) is 0.645. The number of ether oxygens (including phenoxy) is 2. The molecule has 0 unspecified atom stereocenters. The van der Waals surface area contributed by atoms with E-state index in [0.717, 1.165) is 0 Å². The highest BCUT2D eigenvalue weighted by molar-refractivity contribution is 5.89. The number of morpholine rings is 1. The largest absolute Gasteiger partial charge is 0.394 e. The van der Waals surface area contributed by atoms with Gasteiger partial charge in [-0.05, 0) is 24.3 Å². The number of hydrogen-bond acceptors (Lipinski definition) is 5. The Bertz CT molecular complexity index is 706. The van der Waals surface area contributed by atoms with Crippen molar-refractivity contribution in [2.45, 2.75) is 24.7 Å². The number of nitrogens with zero attached hydrogens (tertiary/aromatic N) is 1. The average molecular weight is 393 g/mol. The van der Waals surface area contributed by atoms with Crippen molar-refractivity contribution >= 4 is 17.6 Å². The van der Waals surface area contributed by atoms with Gasteiger partial charge in [0.2, 0.25) is 5.91 Å². The first-order valence-corrected chi connectivity index (χ1v) is 9.18. The van der Waals surface area contributed by atoms with Crippen LogP contribution in [0.15, 0.2) is 36.4 Å². The molecule has 1 aromatic carbocycles. The molecule has 0 bridgehead atoms. The van der Waals surface area contributed by atoms with E-state index in [4.69, 9.17) is 9.47 Å². The van der Waals surface area contributed by atoms with Gasteiger partial charge in [0.25, 0.3) is 0 Å². The van der Waals surface area contributed by atoms with Crippen LogP contribution in [0.5, 0.6) is 0 Å². The molecule has 0 radical (unpaired) electrons. The zero-order chi connectivity index (χ0) is 19.9. The number of halogens is 1. The van der Waals surface area contributed by atoms with Crippen molar-refractivity contribution in [2.75, 3.05) is 38.2 Å². The van der Waals surface area contributed by atoms with E-state index in [0.29, 0.717) is 32.0 Å². The van der Waals surface area contributed by atoms with Gasteiger partial charge in [-0.1, -0.05) is 12.2 Å². The van der Waals surface area contributed by atoms with Gasteiger partial charge in [-0.2, -0.15) is 0 Å². The Morgan fingerprint density at radius 2 is 1.89 bits per heavy atom. The third-order valence-corrected chi connectivity index (χ3v) is 4.60. The van der Waals surface area contributed by atoms with Crippen LogP contribution >= 0.6 is 0 Å². The molecule has 152 valence electrons. The molecule has 3 rings (SSSR count). The van der Waals surface area contributed by atoms with Crippen molar-refractivity contribution in [3.63, 3.8) is 0 Å². The molecule has 1 saturated heterocycles. The number of urea groups is 1. The van der Waals surface area contributed by atoms with Crippen molar-refractivity contribution in [2.24, 2.45) is 0 Å². The summed E-state index contributed by atoms with van der Waals surface area (Å²) < 4.78 is 23.9. The van der Waals surface area contributed by atoms with Crippen molar-refractivity contribution in [3.8, 4) is 0 Å². The molecular weight excluding hydrogens is 369 g/mol. The second kappa shape index (κ2) is 9.63. The zero-order valence-corrected chi connectivity index (χ0v) is 15.3. The van der Waals surface area contributed by atoms with E-state index in [2.05, 4.69) is 10.6 Å². The van der Waals surface area contributed by atoms with Crippen molar-refractivity contribution in [1.82, 2.24) is 10.2 Å². The number of aliphatic hydroxyl groups excluding tert-OH is 1. The van der Waals surface area contributed by atoms with Crippen LogP contribution in [0.25, 0.3) is 0 Å². The molecule has 28 heavy (non-hydrogen) atoms. The SMILES string of the molecule is O=C(Nc1ccc(F)cc1)N[C@H]1C=C[C@@H](CC(=O)N2CCOCC2)O[C@@H]1CO. The Balaban J connectivity index is 1.52. The Hall–Kier alpha value is -2.49. The molecular formula is C19H24FN3O5. The monoisotopic (exact) mass is 393 g/mol. The van der Waals surface area contributed by atoms with Crippen LogP contribution in [0, 0.1) is 5.82 Å². The first-order valence-electron chi connectivity index (χ1n) is 9.18. The molecule has 0 aliphatic carbocycles. The molecule has 8 nitrogen and oxygen atoms in total. The number of benzene rings is 1. The Labute approximate surface area is 162 Å². The van der Waals surface area contributed by atoms with Gasteiger partial charge >= 0.3 is 6.03 Å². The van der Waals surface area contributed by atoms with Gasteiger partial charge in [0.15, 0.2) is 0 Å². The predicted octanol–water partition coefficient (Wildman–Crippen LogP) is 0.881. The number of carbonyl (C=O) groups is 2. The molecule has 2 aliphatic heterocycles. The summed E-state index contributed by atoms with van der Waals surface area (Å²) in [4.78, 5) is 26.2. The van der Waals surface area contributed by atoms with Crippen LogP contribution < -0.4 is 10.6 Å². The number of anilines is 1. The van der Waals surface area contributed by atoms with Gasteiger partial charge in [0.05, 0.1) is 38.4 Å². The normalized spacial score (nSPS) is 24.6. The molecule has 1 aromatic rings. The van der Waals surface area contributed by atoms with Crippen molar-refractivity contribution in [3.05, 3.63) is 42.2 Å². The molecule has 3 amide bonds. The maximum absolute atomic E-state index is 12.9. The Morgan fingerprint density at radius 1 is 1.18 bits per heavy atom. The lowest BCUT2D eigenvalue weighted by Crippen LogP contribution is -2.50. The maximum atomic E-state index is 12.9. The van der Waals surface area contributed by atoms with Crippen molar-refractivity contribution < 1.29 is 28.6 Å². The van der Waals surface area contributed by atoms with E-state index in [9.17, 15) is 19.1 Å². The fourth-order valence-corrected chi connectivity index (χ4v) is 3.10. The molecule has 2 aliphatic rings. The fraction of sp³-hybridized carbons (Fsp3) is 0.474. The zero-order valence-electron chi connectivity index (χ0n) is 15.3. The van der Waals surface area contributed by atoms with Crippen LogP contribution in [0.2, 0.25) is 0 Å². The second-order valence-corrected chi connectivity index (χ2v) is 6.61. The summed E-state index contributed by atoms with van der Waals surface area (Å²) in [6.07, 6.45) is 2.46. The molecule has 3 atom stereocenters. The highest BCUT2D eigenvalue weighted by Crippen LogP contribution is 2.17. The van der Waals surface area contributed by atoms with Gasteiger partial charge < -0.3 is 30.1 Å². The molecule has 9 heteroatoms. The van der Waals surface area contributed by atoms with Gasteiger partial charge in [-0.15, -0.1) is 0 Å². The minimum atomic E-state index is -0.675. The molecule has 3 N–H and O–H groups in total. The third-order valence-electron chi connectivity index (χ3n) is 4.60. The van der Waals surface area contributed by atoms with Crippen LogP contribution in [0.1, 0.15) is 6.42 Å². The van der Waals surface area contributed by atoms with E-state index in [1.165, 1.54) is 24.3 Å². The number of nitrogens with one attached hydrogen (secondary N) is 2. The summed E-state index contributed by atoms with van der Waals surface area (Å²) in [5, 5.41) is 14.9. The topological polar surface area (TPSA) is 100 Å². The van der Waals surface area contributed by atoms with Crippen LogP contribution in [-0.4, -0.2) is 73.1 Å². The number of rotatable bonds is 5. The number of carbonyl (C=O) groups excluding carboxylic acids is 2. The highest BCUT2D eigenvalue weighted by atomic mass is 19.1. The van der Waals surface area contributed by atoms with E-state index in [1.807, 2.05) is 0 Å². The Morgan fingerprint density at radius 3 is 2.57 bits per heavy atom. The van der Waals surface area contributed by atoms with E-state index in [-0.39, 0.29) is 18.9 Å². The highest BCUT2D eigenvalue weighted by Gasteiger charge is 2.30. The van der Waals surface area contributed by atoms with E-state index < -0.39 is 30.1 Å². The molecule has 1 fully saturated rings. The van der Waals surface area contributed by atoms with Crippen LogP contribution in [0.3, 0.4) is 0 Å². The smallest absolute Gasteiger partial charge is 0.319 e. The molecule has 0 saturated carbocycles. The predicted molar refractivity (Wildman–Crippen MR) is 99.2 cm³/mol. The van der Waals surface area contributed by atoms with Gasteiger partial charge in [-0.3, -0.25) is 4.79 Å². The average Bonchev–Trinajstić information content (AvgIpc) is 2.71. The molecule has 0 aromatic heterocycles. The summed E-state index contributed by atoms with van der Waals surface area (Å²) in [7, 11) is 0. The second-order valence-electron chi connectivity index (χ2n) is 6.61. The number of hydrogen-bond donors (Lipinski definition) is 3. The summed E-state index contributed by atoms with van der Waals surface area (Å²) in [6.45, 7) is 1.87. The molecule has 2 heterocycles. The van der Waals surface area contributed by atoms with Crippen LogP contribution in [0.4, 0.5) is 14.9 Å². The van der Waals surface area contributed by atoms with Gasteiger partial charge in [-0.25, -0.2) is 9.18 Å². The summed E-state index contributed by atoms with van der Waals surface area (Å²) in [5.74, 6) is -0.428. The fourth-order valence-electron chi connectivity index (χ4n) is 3.10. The summed E-state index contributed by atoms with van der Waals surface area (Å²) in [6, 6.07) is 4.31. The summed E-state index contributed by atoms with van der Waals surface area (Å²) >= 11 is 0. The van der Waals surface area contributed by atoms with E-state index >= 15 is 0 Å². The van der Waals surface area contributed by atoms with Crippen LogP contribution in [-0.2, 0) is 14.3 Å². The Kier molecular flexibility index (Phi) is 6.96. The standard InChI is InChI=1S/C19H24FN3O5/c20-13-1-3-14(4-2-13)21-19(26)22-16-6-5-15(28-17(16)12-24)11-18(25)23-7-9-27-10-8-23/h1-6,15-17,24H,7-12H2,(H2,21,22,26)/t15-,16-,17+/m0/s1. The minimum Gasteiger partial charge on any atom is -0.394 e. The minimum absolute atomic E-state index is 0.0323. The lowest BCUT2D eigenvalue weighted by Gasteiger charge is -2.33. The van der Waals surface area contributed by atoms with Crippen molar-refractivity contribution in [1.29, 1.82) is 0 Å².